The molecule has 0 bridgehead atoms. The van der Waals surface area contributed by atoms with Crippen LogP contribution < -0.4 is 10.2 Å². The minimum Gasteiger partial charge on any atom is -0.461 e. The van der Waals surface area contributed by atoms with Crippen molar-refractivity contribution < 1.29 is 13.9 Å². The first-order valence-corrected chi connectivity index (χ1v) is 10.9. The van der Waals surface area contributed by atoms with Crippen LogP contribution in [0.4, 0.5) is 5.82 Å². The van der Waals surface area contributed by atoms with E-state index in [-0.39, 0.29) is 11.7 Å². The second-order valence-corrected chi connectivity index (χ2v) is 7.62. The number of morpholine rings is 1. The molecule has 1 saturated heterocycles. The highest BCUT2D eigenvalue weighted by Crippen LogP contribution is 2.24. The van der Waals surface area contributed by atoms with Gasteiger partial charge in [-0.05, 0) is 25.1 Å². The van der Waals surface area contributed by atoms with Gasteiger partial charge >= 0.3 is 0 Å². The van der Waals surface area contributed by atoms with E-state index in [4.69, 9.17) is 9.15 Å². The van der Waals surface area contributed by atoms with E-state index in [1.54, 1.807) is 12.5 Å². The Labute approximate surface area is 178 Å². The van der Waals surface area contributed by atoms with Crippen LogP contribution in [0.3, 0.4) is 0 Å². The summed E-state index contributed by atoms with van der Waals surface area (Å²) in [6.07, 6.45) is 3.38. The van der Waals surface area contributed by atoms with E-state index in [0.717, 1.165) is 24.5 Å². The maximum Gasteiger partial charge on any atom is 0.230 e. The molecule has 9 nitrogen and oxygen atoms in total. The van der Waals surface area contributed by atoms with Crippen LogP contribution in [0.5, 0.6) is 0 Å². The molecule has 0 unspecified atom stereocenters. The normalized spacial score (nSPS) is 14.1. The zero-order valence-electron chi connectivity index (χ0n) is 16.8. The first-order chi connectivity index (χ1) is 14.8. The maximum atomic E-state index is 12.5. The van der Waals surface area contributed by atoms with E-state index in [2.05, 4.69) is 25.4 Å². The van der Waals surface area contributed by atoms with Crippen LogP contribution >= 0.6 is 11.8 Å². The summed E-state index contributed by atoms with van der Waals surface area (Å²) >= 11 is 1.36. The molecule has 0 saturated carbocycles. The van der Waals surface area contributed by atoms with Crippen LogP contribution in [0.1, 0.15) is 12.5 Å². The molecule has 0 aromatic carbocycles. The molecular formula is C20H24N6O3S. The van der Waals surface area contributed by atoms with Gasteiger partial charge in [-0.15, -0.1) is 10.2 Å². The molecule has 0 spiro atoms. The number of rotatable bonds is 8. The number of hydrogen-bond acceptors (Lipinski definition) is 8. The van der Waals surface area contributed by atoms with Gasteiger partial charge in [0.15, 0.2) is 16.7 Å². The number of anilines is 1. The summed E-state index contributed by atoms with van der Waals surface area (Å²) in [5.74, 6) is 2.41. The maximum absolute atomic E-state index is 12.5. The van der Waals surface area contributed by atoms with Gasteiger partial charge in [0.2, 0.25) is 5.91 Å². The summed E-state index contributed by atoms with van der Waals surface area (Å²) in [7, 11) is 0. The Hall–Kier alpha value is -2.85. The summed E-state index contributed by atoms with van der Waals surface area (Å²) in [5, 5.41) is 12.1. The highest BCUT2D eigenvalue weighted by atomic mass is 32.2. The minimum atomic E-state index is -0.0676. The molecule has 1 aliphatic heterocycles. The molecule has 158 valence electrons. The van der Waals surface area contributed by atoms with Gasteiger partial charge in [-0.3, -0.25) is 9.36 Å². The zero-order valence-corrected chi connectivity index (χ0v) is 17.6. The molecule has 0 aliphatic carbocycles. The average Bonchev–Trinajstić information content (AvgIpc) is 3.46. The van der Waals surface area contributed by atoms with Crippen molar-refractivity contribution in [2.75, 3.05) is 37.0 Å². The Kier molecular flexibility index (Phi) is 6.65. The molecule has 10 heteroatoms. The zero-order chi connectivity index (χ0) is 20.8. The third kappa shape index (κ3) is 4.65. The van der Waals surface area contributed by atoms with Crippen LogP contribution in [-0.2, 0) is 22.6 Å². The number of hydrogen-bond donors (Lipinski definition) is 1. The van der Waals surface area contributed by atoms with Crippen molar-refractivity contribution in [2.24, 2.45) is 0 Å². The van der Waals surface area contributed by atoms with Crippen LogP contribution in [-0.4, -0.2) is 57.7 Å². The molecule has 3 aromatic rings. The second-order valence-electron chi connectivity index (χ2n) is 6.68. The van der Waals surface area contributed by atoms with Gasteiger partial charge in [0.05, 0.1) is 25.2 Å². The number of carbonyl (C=O) groups is 1. The van der Waals surface area contributed by atoms with Gasteiger partial charge in [0, 0.05) is 37.9 Å². The Morgan fingerprint density at radius 2 is 2.10 bits per heavy atom. The van der Waals surface area contributed by atoms with Crippen LogP contribution in [0.2, 0.25) is 0 Å². The standard InChI is InChI=1S/C20H24N6O3S/c1-2-26-19(16-6-4-10-29-16)23-24-20(26)30-14-17(27)22-13-15-5-3-7-21-18(15)25-8-11-28-12-9-25/h3-7,10H,2,8-9,11-14H2,1H3,(H,22,27). The topological polar surface area (TPSA) is 98.3 Å². The van der Waals surface area contributed by atoms with Crippen molar-refractivity contribution >= 4 is 23.5 Å². The number of carbonyl (C=O) groups excluding carboxylic acids is 1. The Bertz CT molecular complexity index is 969. The van der Waals surface area contributed by atoms with E-state index >= 15 is 0 Å². The number of furan rings is 1. The Balaban J connectivity index is 1.34. The largest absolute Gasteiger partial charge is 0.461 e. The number of amides is 1. The summed E-state index contributed by atoms with van der Waals surface area (Å²) in [5.41, 5.74) is 0.995. The molecule has 3 aromatic heterocycles. The number of nitrogens with zero attached hydrogens (tertiary/aromatic N) is 5. The lowest BCUT2D eigenvalue weighted by Crippen LogP contribution is -2.38. The van der Waals surface area contributed by atoms with Crippen LogP contribution in [0.15, 0.2) is 46.3 Å². The molecule has 1 N–H and O–H groups in total. The summed E-state index contributed by atoms with van der Waals surface area (Å²) in [4.78, 5) is 19.2. The third-order valence-electron chi connectivity index (χ3n) is 4.76. The lowest BCUT2D eigenvalue weighted by Gasteiger charge is -2.29. The Morgan fingerprint density at radius 1 is 1.23 bits per heavy atom. The molecule has 1 aliphatic rings. The number of aromatic nitrogens is 4. The quantitative estimate of drug-likeness (QED) is 0.545. The van der Waals surface area contributed by atoms with Gasteiger partial charge in [0.25, 0.3) is 0 Å². The second kappa shape index (κ2) is 9.77. The van der Waals surface area contributed by atoms with Crippen LogP contribution in [0.25, 0.3) is 11.6 Å². The fourth-order valence-electron chi connectivity index (χ4n) is 3.27. The molecule has 1 amide bonds. The lowest BCUT2D eigenvalue weighted by atomic mass is 10.2. The molecule has 0 atom stereocenters. The molecule has 4 rings (SSSR count). The van der Waals surface area contributed by atoms with E-state index in [0.29, 0.717) is 43.0 Å². The summed E-state index contributed by atoms with van der Waals surface area (Å²) in [6.45, 7) is 6.12. The number of ether oxygens (including phenoxy) is 1. The van der Waals surface area contributed by atoms with Gasteiger partial charge in [0.1, 0.15) is 5.82 Å². The fourth-order valence-corrected chi connectivity index (χ4v) is 4.10. The van der Waals surface area contributed by atoms with Crippen molar-refractivity contribution in [1.82, 2.24) is 25.1 Å². The first-order valence-electron chi connectivity index (χ1n) is 9.89. The minimum absolute atomic E-state index is 0.0676. The predicted molar refractivity (Wildman–Crippen MR) is 113 cm³/mol. The molecule has 0 radical (unpaired) electrons. The smallest absolute Gasteiger partial charge is 0.230 e. The Morgan fingerprint density at radius 3 is 2.87 bits per heavy atom. The highest BCUT2D eigenvalue weighted by Gasteiger charge is 2.18. The van der Waals surface area contributed by atoms with E-state index in [1.165, 1.54) is 11.8 Å². The average molecular weight is 429 g/mol. The van der Waals surface area contributed by atoms with Gasteiger partial charge in [-0.1, -0.05) is 17.8 Å². The van der Waals surface area contributed by atoms with Crippen molar-refractivity contribution in [1.29, 1.82) is 0 Å². The van der Waals surface area contributed by atoms with Gasteiger partial charge < -0.3 is 19.4 Å². The monoisotopic (exact) mass is 428 g/mol. The van der Waals surface area contributed by atoms with Gasteiger partial charge in [-0.25, -0.2) is 4.98 Å². The molecule has 1 fully saturated rings. The van der Waals surface area contributed by atoms with Crippen molar-refractivity contribution in [2.45, 2.75) is 25.2 Å². The first kappa shape index (κ1) is 20.4. The summed E-state index contributed by atoms with van der Waals surface area (Å²) < 4.78 is 12.8. The lowest BCUT2D eigenvalue weighted by molar-refractivity contribution is -0.118. The highest BCUT2D eigenvalue weighted by molar-refractivity contribution is 7.99. The van der Waals surface area contributed by atoms with Crippen LogP contribution in [0, 0.1) is 0 Å². The summed E-state index contributed by atoms with van der Waals surface area (Å²) in [6, 6.07) is 7.54. The van der Waals surface area contributed by atoms with Crippen molar-refractivity contribution in [3.63, 3.8) is 0 Å². The number of nitrogens with one attached hydrogen (secondary N) is 1. The van der Waals surface area contributed by atoms with E-state index in [1.807, 2.05) is 35.8 Å². The molecular weight excluding hydrogens is 404 g/mol. The molecule has 4 heterocycles. The third-order valence-corrected chi connectivity index (χ3v) is 5.73. The van der Waals surface area contributed by atoms with E-state index in [9.17, 15) is 4.79 Å². The SMILES string of the molecule is CCn1c(SCC(=O)NCc2cccnc2N2CCOCC2)nnc1-c1ccco1. The fraction of sp³-hybridized carbons (Fsp3) is 0.400. The van der Waals surface area contributed by atoms with Crippen molar-refractivity contribution in [3.8, 4) is 11.6 Å². The number of pyridine rings is 1. The van der Waals surface area contributed by atoms with Crippen molar-refractivity contribution in [3.05, 3.63) is 42.3 Å². The van der Waals surface area contributed by atoms with Gasteiger partial charge in [-0.2, -0.15) is 0 Å². The molecule has 30 heavy (non-hydrogen) atoms. The predicted octanol–water partition coefficient (Wildman–Crippen LogP) is 2.20. The van der Waals surface area contributed by atoms with E-state index < -0.39 is 0 Å². The number of thioether (sulfide) groups is 1.